The van der Waals surface area contributed by atoms with Crippen molar-refractivity contribution in [1.82, 2.24) is 4.90 Å². The number of nitriles is 1. The first-order chi connectivity index (χ1) is 6.83. The van der Waals surface area contributed by atoms with E-state index in [2.05, 4.69) is 0 Å². The summed E-state index contributed by atoms with van der Waals surface area (Å²) in [6, 6.07) is 1.20. The maximum Gasteiger partial charge on any atom is 0.411 e. The Kier molecular flexibility index (Phi) is 3.18. The summed E-state index contributed by atoms with van der Waals surface area (Å²) in [6.07, 6.45) is -1.66. The molecular formula is C10H15FN2O2. The van der Waals surface area contributed by atoms with Gasteiger partial charge in [-0.25, -0.2) is 9.18 Å². The third-order valence-electron chi connectivity index (χ3n) is 2.03. The Labute approximate surface area is 88.6 Å². The molecule has 0 N–H and O–H groups in total. The second kappa shape index (κ2) is 4.05. The topological polar surface area (TPSA) is 53.3 Å². The van der Waals surface area contributed by atoms with Crippen LogP contribution in [-0.4, -0.2) is 35.4 Å². The molecule has 0 aliphatic carbocycles. The van der Waals surface area contributed by atoms with Gasteiger partial charge in [0.2, 0.25) is 0 Å². The number of ether oxygens (including phenoxy) is 1. The molecule has 0 aromatic rings. The van der Waals surface area contributed by atoms with Crippen LogP contribution in [0.2, 0.25) is 0 Å². The second-order valence-corrected chi connectivity index (χ2v) is 4.61. The monoisotopic (exact) mass is 214 g/mol. The van der Waals surface area contributed by atoms with E-state index < -0.39 is 23.9 Å². The smallest absolute Gasteiger partial charge is 0.411 e. The van der Waals surface area contributed by atoms with Crippen LogP contribution < -0.4 is 0 Å². The lowest BCUT2D eigenvalue weighted by Gasteiger charge is -2.25. The normalized spacial score (nSPS) is 26.2. The SMILES string of the molecule is CC(C)(C)OC(=O)N1C[C@H](F)C[C@@H]1C#N. The van der Waals surface area contributed by atoms with Crippen molar-refractivity contribution in [3.8, 4) is 6.07 Å². The highest BCUT2D eigenvalue weighted by atomic mass is 19.1. The number of hydrogen-bond acceptors (Lipinski definition) is 3. The zero-order valence-electron chi connectivity index (χ0n) is 9.16. The Bertz CT molecular complexity index is 293. The largest absolute Gasteiger partial charge is 0.444 e. The first-order valence-corrected chi connectivity index (χ1v) is 4.87. The van der Waals surface area contributed by atoms with Gasteiger partial charge in [0.05, 0.1) is 12.6 Å². The van der Waals surface area contributed by atoms with Crippen LogP contribution >= 0.6 is 0 Å². The predicted molar refractivity (Wildman–Crippen MR) is 51.9 cm³/mol. The highest BCUT2D eigenvalue weighted by Crippen LogP contribution is 2.22. The van der Waals surface area contributed by atoms with E-state index >= 15 is 0 Å². The molecule has 0 aromatic heterocycles. The standard InChI is InChI=1S/C10H15FN2O2/c1-10(2,3)15-9(14)13-6-7(11)4-8(13)5-12/h7-8H,4,6H2,1-3H3/t7-,8-/m1/s1. The van der Waals surface area contributed by atoms with Crippen LogP contribution in [0.5, 0.6) is 0 Å². The number of halogens is 1. The molecule has 0 aromatic carbocycles. The van der Waals surface area contributed by atoms with Gasteiger partial charge in [-0.3, -0.25) is 4.90 Å². The lowest BCUT2D eigenvalue weighted by atomic mass is 10.2. The van der Waals surface area contributed by atoms with Crippen molar-refractivity contribution in [2.45, 2.75) is 45.0 Å². The first-order valence-electron chi connectivity index (χ1n) is 4.87. The minimum absolute atomic E-state index is 0.0485. The van der Waals surface area contributed by atoms with Crippen molar-refractivity contribution < 1.29 is 13.9 Å². The average Bonchev–Trinajstić information content (AvgIpc) is 2.43. The molecule has 84 valence electrons. The highest BCUT2D eigenvalue weighted by molar-refractivity contribution is 5.69. The Hall–Kier alpha value is -1.31. The maximum atomic E-state index is 13.0. The minimum atomic E-state index is -1.12. The average molecular weight is 214 g/mol. The molecule has 15 heavy (non-hydrogen) atoms. The Morgan fingerprint density at radius 2 is 2.20 bits per heavy atom. The number of carbonyl (C=O) groups excluding carboxylic acids is 1. The summed E-state index contributed by atoms with van der Waals surface area (Å²) in [7, 11) is 0. The van der Waals surface area contributed by atoms with Crippen molar-refractivity contribution in [1.29, 1.82) is 5.26 Å². The number of rotatable bonds is 0. The van der Waals surface area contributed by atoms with Gasteiger partial charge in [0.25, 0.3) is 0 Å². The molecule has 1 rings (SSSR count). The van der Waals surface area contributed by atoms with Gasteiger partial charge in [-0.15, -0.1) is 0 Å². The summed E-state index contributed by atoms with van der Waals surface area (Å²) in [5.74, 6) is 0. The maximum absolute atomic E-state index is 13.0. The Morgan fingerprint density at radius 3 is 2.67 bits per heavy atom. The van der Waals surface area contributed by atoms with Crippen molar-refractivity contribution >= 4 is 6.09 Å². The molecule has 1 aliphatic rings. The van der Waals surface area contributed by atoms with Gasteiger partial charge in [0.15, 0.2) is 0 Å². The summed E-state index contributed by atoms with van der Waals surface area (Å²) >= 11 is 0. The fourth-order valence-corrected chi connectivity index (χ4v) is 1.43. The van der Waals surface area contributed by atoms with Gasteiger partial charge in [0, 0.05) is 6.42 Å². The van der Waals surface area contributed by atoms with E-state index in [4.69, 9.17) is 10.00 Å². The molecule has 0 radical (unpaired) electrons. The molecule has 0 saturated carbocycles. The lowest BCUT2D eigenvalue weighted by Crippen LogP contribution is -2.39. The molecule has 1 amide bonds. The molecule has 0 unspecified atom stereocenters. The van der Waals surface area contributed by atoms with Gasteiger partial charge in [-0.2, -0.15) is 5.26 Å². The third kappa shape index (κ3) is 3.08. The van der Waals surface area contributed by atoms with E-state index in [1.54, 1.807) is 20.8 Å². The van der Waals surface area contributed by atoms with Crippen molar-refractivity contribution in [3.05, 3.63) is 0 Å². The number of amides is 1. The summed E-state index contributed by atoms with van der Waals surface area (Å²) < 4.78 is 18.1. The molecule has 4 nitrogen and oxygen atoms in total. The zero-order valence-corrected chi connectivity index (χ0v) is 9.16. The van der Waals surface area contributed by atoms with Gasteiger partial charge in [-0.1, -0.05) is 0 Å². The zero-order chi connectivity index (χ0) is 11.6. The summed E-state index contributed by atoms with van der Waals surface area (Å²) in [6.45, 7) is 5.15. The lowest BCUT2D eigenvalue weighted by molar-refractivity contribution is 0.0250. The van der Waals surface area contributed by atoms with Crippen LogP contribution in [0.4, 0.5) is 9.18 Å². The Morgan fingerprint density at radius 1 is 1.60 bits per heavy atom. The van der Waals surface area contributed by atoms with Crippen LogP contribution in [0.15, 0.2) is 0 Å². The van der Waals surface area contributed by atoms with Gasteiger partial charge >= 0.3 is 6.09 Å². The van der Waals surface area contributed by atoms with Crippen molar-refractivity contribution in [2.24, 2.45) is 0 Å². The number of likely N-dealkylation sites (tertiary alicyclic amines) is 1. The molecule has 1 aliphatic heterocycles. The van der Waals surface area contributed by atoms with Crippen LogP contribution in [0.25, 0.3) is 0 Å². The Balaban J connectivity index is 2.64. The fourth-order valence-electron chi connectivity index (χ4n) is 1.43. The minimum Gasteiger partial charge on any atom is -0.444 e. The van der Waals surface area contributed by atoms with Gasteiger partial charge in [-0.05, 0) is 20.8 Å². The van der Waals surface area contributed by atoms with Crippen LogP contribution in [0.3, 0.4) is 0 Å². The molecule has 2 atom stereocenters. The number of carbonyl (C=O) groups is 1. The molecular weight excluding hydrogens is 199 g/mol. The third-order valence-corrected chi connectivity index (χ3v) is 2.03. The summed E-state index contributed by atoms with van der Waals surface area (Å²) in [5.41, 5.74) is -0.620. The predicted octanol–water partition coefficient (Wildman–Crippen LogP) is 1.86. The molecule has 1 fully saturated rings. The highest BCUT2D eigenvalue weighted by Gasteiger charge is 2.37. The van der Waals surface area contributed by atoms with Crippen molar-refractivity contribution in [3.63, 3.8) is 0 Å². The van der Waals surface area contributed by atoms with Crippen molar-refractivity contribution in [2.75, 3.05) is 6.54 Å². The van der Waals surface area contributed by atoms with E-state index in [1.807, 2.05) is 6.07 Å². The fraction of sp³-hybridized carbons (Fsp3) is 0.800. The van der Waals surface area contributed by atoms with Crippen LogP contribution in [0, 0.1) is 11.3 Å². The van der Waals surface area contributed by atoms with Gasteiger partial charge in [0.1, 0.15) is 17.8 Å². The van der Waals surface area contributed by atoms with Crippen LogP contribution in [-0.2, 0) is 4.74 Å². The summed E-state index contributed by atoms with van der Waals surface area (Å²) in [5, 5.41) is 8.74. The first kappa shape index (κ1) is 11.8. The molecule has 1 heterocycles. The van der Waals surface area contributed by atoms with E-state index in [-0.39, 0.29) is 13.0 Å². The van der Waals surface area contributed by atoms with Gasteiger partial charge < -0.3 is 4.74 Å². The van der Waals surface area contributed by atoms with E-state index in [1.165, 1.54) is 0 Å². The van der Waals surface area contributed by atoms with E-state index in [9.17, 15) is 9.18 Å². The molecule has 0 bridgehead atoms. The molecule has 0 spiro atoms. The number of hydrogen-bond donors (Lipinski definition) is 0. The van der Waals surface area contributed by atoms with E-state index in [0.717, 1.165) is 4.90 Å². The van der Waals surface area contributed by atoms with Crippen LogP contribution in [0.1, 0.15) is 27.2 Å². The van der Waals surface area contributed by atoms with E-state index in [0.29, 0.717) is 0 Å². The quantitative estimate of drug-likeness (QED) is 0.618. The number of alkyl halides is 1. The molecule has 5 heteroatoms. The summed E-state index contributed by atoms with van der Waals surface area (Å²) in [4.78, 5) is 12.7. The number of nitrogens with zero attached hydrogens (tertiary/aromatic N) is 2. The second-order valence-electron chi connectivity index (χ2n) is 4.61. The molecule has 1 saturated heterocycles.